The molecule has 3 N–H and O–H groups in total. The van der Waals surface area contributed by atoms with Gasteiger partial charge >= 0.3 is 35.5 Å². The number of carbonyl (C=O) groups is 3. The van der Waals surface area contributed by atoms with Gasteiger partial charge in [0.2, 0.25) is 0 Å². The van der Waals surface area contributed by atoms with Crippen molar-refractivity contribution in [1.29, 1.82) is 0 Å². The normalized spacial score (nSPS) is 13.6. The Morgan fingerprint density at radius 2 is 1.87 bits per heavy atom. The number of hydrogen-bond donors (Lipinski definition) is 3. The molecule has 8 nitrogen and oxygen atoms in total. The number of hydrogen-bond acceptors (Lipinski definition) is 5. The molecule has 152 valence electrons. The molecule has 1 aromatic heterocycles. The second kappa shape index (κ2) is 10.4. The standard InChI is InChI=1S/C21H21N3O5.Na.H/c1-13-2-7-16(22-10-13)15-5-3-14(4-6-15)12-24-9-8-17(25)19(21(24)29)20(28)23-11-18(26)27;;/h2-7,10,25H,8-9,11-12H2,1H3,(H,23,28)(H,26,27);;. The second-order valence-electron chi connectivity index (χ2n) is 6.79. The van der Waals surface area contributed by atoms with E-state index in [2.05, 4.69) is 10.3 Å². The molecule has 2 amide bonds. The summed E-state index contributed by atoms with van der Waals surface area (Å²) in [5, 5.41) is 20.7. The maximum atomic E-state index is 12.6. The van der Waals surface area contributed by atoms with Crippen LogP contribution in [0.1, 0.15) is 17.5 Å². The van der Waals surface area contributed by atoms with Crippen LogP contribution in [0.2, 0.25) is 0 Å². The third-order valence-electron chi connectivity index (χ3n) is 4.57. The van der Waals surface area contributed by atoms with Crippen molar-refractivity contribution in [3.63, 3.8) is 0 Å². The average Bonchev–Trinajstić information content (AvgIpc) is 2.70. The van der Waals surface area contributed by atoms with Crippen LogP contribution in [0.5, 0.6) is 0 Å². The van der Waals surface area contributed by atoms with Crippen molar-refractivity contribution in [1.82, 2.24) is 15.2 Å². The first-order valence-electron chi connectivity index (χ1n) is 9.08. The Hall–Kier alpha value is -2.68. The second-order valence-corrected chi connectivity index (χ2v) is 6.79. The molecule has 0 saturated heterocycles. The van der Waals surface area contributed by atoms with E-state index < -0.39 is 29.9 Å². The molecule has 0 unspecified atom stereocenters. The number of aliphatic hydroxyl groups excluding tert-OH is 1. The van der Waals surface area contributed by atoms with Crippen LogP contribution in [0.4, 0.5) is 0 Å². The summed E-state index contributed by atoms with van der Waals surface area (Å²) in [4.78, 5) is 41.2. The predicted molar refractivity (Wildman–Crippen MR) is 112 cm³/mol. The van der Waals surface area contributed by atoms with Crippen LogP contribution >= 0.6 is 0 Å². The number of aromatic nitrogens is 1. The minimum atomic E-state index is -1.23. The summed E-state index contributed by atoms with van der Waals surface area (Å²) in [6.45, 7) is 1.88. The van der Waals surface area contributed by atoms with E-state index in [9.17, 15) is 19.5 Å². The van der Waals surface area contributed by atoms with E-state index in [1.807, 2.05) is 43.3 Å². The van der Waals surface area contributed by atoms with Crippen molar-refractivity contribution < 1.29 is 24.6 Å². The van der Waals surface area contributed by atoms with Gasteiger partial charge in [0.05, 0.1) is 5.69 Å². The molecule has 30 heavy (non-hydrogen) atoms. The summed E-state index contributed by atoms with van der Waals surface area (Å²) in [5.74, 6) is -3.07. The number of aliphatic carboxylic acids is 1. The van der Waals surface area contributed by atoms with Crippen molar-refractivity contribution in [3.05, 3.63) is 65.1 Å². The zero-order valence-electron chi connectivity index (χ0n) is 15.9. The fraction of sp³-hybridized carbons (Fsp3) is 0.238. The number of carboxylic acids is 1. The fourth-order valence-corrected chi connectivity index (χ4v) is 3.01. The van der Waals surface area contributed by atoms with E-state index >= 15 is 0 Å². The van der Waals surface area contributed by atoms with Crippen molar-refractivity contribution >= 4 is 47.3 Å². The number of aryl methyl sites for hydroxylation is 1. The Bertz CT molecular complexity index is 971. The first-order chi connectivity index (χ1) is 13.8. The molecule has 0 radical (unpaired) electrons. The average molecular weight is 419 g/mol. The summed E-state index contributed by atoms with van der Waals surface area (Å²) >= 11 is 0. The maximum absolute atomic E-state index is 12.6. The third-order valence-corrected chi connectivity index (χ3v) is 4.57. The van der Waals surface area contributed by atoms with Crippen LogP contribution in [-0.2, 0) is 20.9 Å². The summed E-state index contributed by atoms with van der Waals surface area (Å²) in [5.41, 5.74) is 3.33. The molecule has 3 rings (SSSR count). The Morgan fingerprint density at radius 1 is 1.17 bits per heavy atom. The summed E-state index contributed by atoms with van der Waals surface area (Å²) in [6, 6.07) is 11.5. The minimum absolute atomic E-state index is 0. The first-order valence-corrected chi connectivity index (χ1v) is 9.08. The first kappa shape index (κ1) is 23.6. The number of aliphatic hydroxyl groups is 1. The van der Waals surface area contributed by atoms with Crippen LogP contribution in [0.3, 0.4) is 0 Å². The number of nitrogens with zero attached hydrogens (tertiary/aromatic N) is 2. The van der Waals surface area contributed by atoms with Crippen LogP contribution in [0.25, 0.3) is 11.3 Å². The van der Waals surface area contributed by atoms with Crippen LogP contribution < -0.4 is 5.32 Å². The number of rotatable bonds is 6. The molecule has 1 aliphatic heterocycles. The SMILES string of the molecule is Cc1ccc(-c2ccc(CN3CCC(O)=C(C(=O)NCC(=O)O)C3=O)cc2)nc1.[NaH]. The van der Waals surface area contributed by atoms with Crippen LogP contribution in [0, 0.1) is 6.92 Å². The summed E-state index contributed by atoms with van der Waals surface area (Å²) < 4.78 is 0. The van der Waals surface area contributed by atoms with E-state index in [-0.39, 0.29) is 54.8 Å². The van der Waals surface area contributed by atoms with Gasteiger partial charge in [-0.15, -0.1) is 0 Å². The molecule has 2 heterocycles. The number of benzene rings is 1. The van der Waals surface area contributed by atoms with Crippen molar-refractivity contribution in [2.24, 2.45) is 0 Å². The Balaban J connectivity index is 0.00000320. The topological polar surface area (TPSA) is 120 Å². The molecule has 0 aliphatic carbocycles. The molecule has 1 aliphatic rings. The van der Waals surface area contributed by atoms with Crippen molar-refractivity contribution in [2.75, 3.05) is 13.1 Å². The van der Waals surface area contributed by atoms with E-state index in [1.165, 1.54) is 4.90 Å². The van der Waals surface area contributed by atoms with Gasteiger partial charge < -0.3 is 20.4 Å². The third kappa shape index (κ3) is 5.69. The molecular formula is C21H22N3NaO5. The molecule has 0 saturated carbocycles. The quantitative estimate of drug-likeness (QED) is 0.477. The molecular weight excluding hydrogens is 397 g/mol. The van der Waals surface area contributed by atoms with Gasteiger partial charge in [0.25, 0.3) is 11.8 Å². The van der Waals surface area contributed by atoms with Gasteiger partial charge in [0, 0.05) is 31.3 Å². The van der Waals surface area contributed by atoms with Crippen LogP contribution in [0.15, 0.2) is 53.9 Å². The van der Waals surface area contributed by atoms with Gasteiger partial charge in [0.15, 0.2) is 0 Å². The predicted octanol–water partition coefficient (Wildman–Crippen LogP) is 1.15. The Labute approximate surface area is 195 Å². The van der Waals surface area contributed by atoms with Crippen molar-refractivity contribution in [2.45, 2.75) is 19.9 Å². The van der Waals surface area contributed by atoms with E-state index in [0.717, 1.165) is 22.4 Å². The van der Waals surface area contributed by atoms with E-state index in [0.29, 0.717) is 0 Å². The molecule has 0 atom stereocenters. The molecule has 9 heteroatoms. The molecule has 1 aromatic carbocycles. The van der Waals surface area contributed by atoms with Gasteiger partial charge in [-0.05, 0) is 24.1 Å². The number of carbonyl (C=O) groups excluding carboxylic acids is 2. The summed E-state index contributed by atoms with van der Waals surface area (Å²) in [6.07, 6.45) is 1.93. The van der Waals surface area contributed by atoms with Gasteiger partial charge in [0.1, 0.15) is 17.9 Å². The van der Waals surface area contributed by atoms with E-state index in [4.69, 9.17) is 5.11 Å². The zero-order valence-corrected chi connectivity index (χ0v) is 15.9. The van der Waals surface area contributed by atoms with Gasteiger partial charge in [-0.25, -0.2) is 0 Å². The number of carboxylic acid groups (broad SMARTS) is 1. The fourth-order valence-electron chi connectivity index (χ4n) is 3.01. The molecule has 2 aromatic rings. The number of amides is 2. The number of pyridine rings is 1. The van der Waals surface area contributed by atoms with Crippen LogP contribution in [-0.4, -0.2) is 80.5 Å². The van der Waals surface area contributed by atoms with Gasteiger partial charge in [-0.3, -0.25) is 19.4 Å². The van der Waals surface area contributed by atoms with Gasteiger partial charge in [-0.2, -0.15) is 0 Å². The van der Waals surface area contributed by atoms with E-state index in [1.54, 1.807) is 6.20 Å². The van der Waals surface area contributed by atoms with Gasteiger partial charge in [-0.1, -0.05) is 30.3 Å². The number of nitrogens with one attached hydrogen (secondary N) is 1. The Morgan fingerprint density at radius 3 is 2.47 bits per heavy atom. The molecule has 0 bridgehead atoms. The Kier molecular flexibility index (Phi) is 8.16. The molecule has 0 fully saturated rings. The zero-order chi connectivity index (χ0) is 21.0. The summed E-state index contributed by atoms with van der Waals surface area (Å²) in [7, 11) is 0. The molecule has 0 spiro atoms. The monoisotopic (exact) mass is 419 g/mol. The van der Waals surface area contributed by atoms with Crippen molar-refractivity contribution in [3.8, 4) is 11.3 Å².